The number of likely N-dealkylation sites (tertiary alicyclic amines) is 1. The van der Waals surface area contributed by atoms with E-state index in [4.69, 9.17) is 9.84 Å². The number of carbonyl (C=O) groups is 1. The topological polar surface area (TPSA) is 67.6 Å². The van der Waals surface area contributed by atoms with Crippen molar-refractivity contribution < 1.29 is 27.8 Å². The standard InChI is InChI=1S/C27H24F3N3O3/c1-32-21(15-33-13-20(14-33)26(34)35)10-19-11-22(12-31-25(19)32)36-16-17-7-8-23(18-5-3-2-4-6-18)24(9-17)27(28,29)30/h2-12,20H,13-16H2,1H3,(H,34,35). The molecular formula is C27H24F3N3O3. The number of alkyl halides is 3. The van der Waals surface area contributed by atoms with Gasteiger partial charge in [-0.05, 0) is 34.9 Å². The van der Waals surface area contributed by atoms with Gasteiger partial charge in [-0.3, -0.25) is 9.69 Å². The van der Waals surface area contributed by atoms with E-state index in [-0.39, 0.29) is 18.1 Å². The van der Waals surface area contributed by atoms with Crippen LogP contribution in [-0.2, 0) is 31.2 Å². The van der Waals surface area contributed by atoms with Gasteiger partial charge >= 0.3 is 12.1 Å². The number of hydrogen-bond donors (Lipinski definition) is 1. The summed E-state index contributed by atoms with van der Waals surface area (Å²) in [5.41, 5.74) is 2.07. The molecule has 0 atom stereocenters. The van der Waals surface area contributed by atoms with Crippen molar-refractivity contribution in [2.45, 2.75) is 19.3 Å². The van der Waals surface area contributed by atoms with E-state index in [1.807, 2.05) is 23.7 Å². The zero-order valence-electron chi connectivity index (χ0n) is 19.5. The van der Waals surface area contributed by atoms with Crippen molar-refractivity contribution in [3.8, 4) is 16.9 Å². The van der Waals surface area contributed by atoms with E-state index < -0.39 is 17.7 Å². The molecule has 0 saturated carbocycles. The lowest BCUT2D eigenvalue weighted by Gasteiger charge is -2.36. The summed E-state index contributed by atoms with van der Waals surface area (Å²) in [6, 6.07) is 16.5. The Kier molecular flexibility index (Phi) is 6.17. The number of hydrogen-bond acceptors (Lipinski definition) is 4. The summed E-state index contributed by atoms with van der Waals surface area (Å²) in [6.07, 6.45) is -2.94. The van der Waals surface area contributed by atoms with Gasteiger partial charge in [-0.25, -0.2) is 4.98 Å². The highest BCUT2D eigenvalue weighted by molar-refractivity contribution is 5.79. The minimum absolute atomic E-state index is 0.0324. The maximum absolute atomic E-state index is 13.8. The largest absolute Gasteiger partial charge is 0.487 e. The summed E-state index contributed by atoms with van der Waals surface area (Å²) >= 11 is 0. The van der Waals surface area contributed by atoms with E-state index in [0.717, 1.165) is 22.8 Å². The van der Waals surface area contributed by atoms with Gasteiger partial charge in [0.05, 0.1) is 17.7 Å². The lowest BCUT2D eigenvalue weighted by Crippen LogP contribution is -2.49. The van der Waals surface area contributed by atoms with Crippen LogP contribution in [-0.4, -0.2) is 38.6 Å². The van der Waals surface area contributed by atoms with Crippen LogP contribution >= 0.6 is 0 Å². The Hall–Kier alpha value is -3.85. The molecule has 1 N–H and O–H groups in total. The third-order valence-corrected chi connectivity index (χ3v) is 6.51. The molecule has 1 fully saturated rings. The van der Waals surface area contributed by atoms with Gasteiger partial charge in [0, 0.05) is 37.8 Å². The van der Waals surface area contributed by atoms with Gasteiger partial charge in [0.1, 0.15) is 18.0 Å². The predicted molar refractivity (Wildman–Crippen MR) is 128 cm³/mol. The molecule has 0 unspecified atom stereocenters. The number of aliphatic carboxylic acids is 1. The maximum atomic E-state index is 13.8. The van der Waals surface area contributed by atoms with Crippen LogP contribution in [0.4, 0.5) is 13.2 Å². The second kappa shape index (κ2) is 9.31. The maximum Gasteiger partial charge on any atom is 0.417 e. The molecule has 1 saturated heterocycles. The van der Waals surface area contributed by atoms with Gasteiger partial charge in [-0.1, -0.05) is 42.5 Å². The average molecular weight is 496 g/mol. The number of aromatic nitrogens is 2. The van der Waals surface area contributed by atoms with E-state index in [1.54, 1.807) is 42.6 Å². The first-order valence-corrected chi connectivity index (χ1v) is 11.5. The Balaban J connectivity index is 1.31. The predicted octanol–water partition coefficient (Wildman–Crippen LogP) is 5.35. The zero-order chi connectivity index (χ0) is 25.4. The average Bonchev–Trinajstić information content (AvgIpc) is 3.14. The third kappa shape index (κ3) is 4.79. The zero-order valence-corrected chi connectivity index (χ0v) is 19.5. The number of nitrogens with zero attached hydrogens (tertiary/aromatic N) is 3. The molecule has 1 aliphatic rings. The molecule has 0 amide bonds. The summed E-state index contributed by atoms with van der Waals surface area (Å²) < 4.78 is 49.1. The van der Waals surface area contributed by atoms with Crippen LogP contribution in [0.15, 0.2) is 66.9 Å². The Bertz CT molecular complexity index is 1410. The van der Waals surface area contributed by atoms with Gasteiger partial charge in [0.25, 0.3) is 0 Å². The third-order valence-electron chi connectivity index (χ3n) is 6.51. The van der Waals surface area contributed by atoms with E-state index in [9.17, 15) is 18.0 Å². The van der Waals surface area contributed by atoms with E-state index in [1.165, 1.54) is 6.07 Å². The molecule has 36 heavy (non-hydrogen) atoms. The molecule has 0 radical (unpaired) electrons. The molecule has 2 aromatic heterocycles. The minimum atomic E-state index is -4.50. The van der Waals surface area contributed by atoms with Gasteiger partial charge < -0.3 is 14.4 Å². The molecular weight excluding hydrogens is 471 g/mol. The van der Waals surface area contributed by atoms with Gasteiger partial charge in [-0.15, -0.1) is 0 Å². The molecule has 0 aliphatic carbocycles. The Morgan fingerprint density at radius 3 is 2.56 bits per heavy atom. The number of carboxylic acid groups (broad SMARTS) is 1. The van der Waals surface area contributed by atoms with Gasteiger partial charge in [0.15, 0.2) is 0 Å². The van der Waals surface area contributed by atoms with Gasteiger partial charge in [0.2, 0.25) is 0 Å². The summed E-state index contributed by atoms with van der Waals surface area (Å²) in [5, 5.41) is 9.90. The highest BCUT2D eigenvalue weighted by Crippen LogP contribution is 2.38. The molecule has 9 heteroatoms. The fourth-order valence-electron chi connectivity index (χ4n) is 4.52. The Labute approximate surface area is 205 Å². The Morgan fingerprint density at radius 2 is 1.86 bits per heavy atom. The van der Waals surface area contributed by atoms with Crippen molar-refractivity contribution in [3.05, 3.63) is 83.7 Å². The highest BCUT2D eigenvalue weighted by atomic mass is 19.4. The highest BCUT2D eigenvalue weighted by Gasteiger charge is 2.34. The van der Waals surface area contributed by atoms with Crippen LogP contribution in [0.3, 0.4) is 0 Å². The van der Waals surface area contributed by atoms with Gasteiger partial charge in [-0.2, -0.15) is 13.2 Å². The van der Waals surface area contributed by atoms with Crippen LogP contribution < -0.4 is 4.74 Å². The minimum Gasteiger partial charge on any atom is -0.487 e. The number of benzene rings is 2. The lowest BCUT2D eigenvalue weighted by atomic mass is 9.97. The first kappa shape index (κ1) is 23.9. The second-order valence-electron chi connectivity index (χ2n) is 9.04. The van der Waals surface area contributed by atoms with Crippen LogP contribution in [0, 0.1) is 5.92 Å². The summed E-state index contributed by atoms with van der Waals surface area (Å²) in [6.45, 7) is 1.61. The number of ether oxygens (including phenoxy) is 1. The second-order valence-corrected chi connectivity index (χ2v) is 9.04. The normalized spacial score (nSPS) is 14.7. The van der Waals surface area contributed by atoms with Crippen molar-refractivity contribution in [2.75, 3.05) is 13.1 Å². The fraction of sp³-hybridized carbons (Fsp3) is 0.259. The molecule has 2 aromatic carbocycles. The molecule has 6 nitrogen and oxygen atoms in total. The summed E-state index contributed by atoms with van der Waals surface area (Å²) in [7, 11) is 1.90. The molecule has 0 spiro atoms. The van der Waals surface area contributed by atoms with Crippen molar-refractivity contribution in [1.82, 2.24) is 14.5 Å². The monoisotopic (exact) mass is 495 g/mol. The van der Waals surface area contributed by atoms with Crippen molar-refractivity contribution in [1.29, 1.82) is 0 Å². The molecule has 4 aromatic rings. The quantitative estimate of drug-likeness (QED) is 0.374. The molecule has 186 valence electrons. The molecule has 3 heterocycles. The summed E-state index contributed by atoms with van der Waals surface area (Å²) in [5.74, 6) is -0.642. The molecule has 1 aliphatic heterocycles. The summed E-state index contributed by atoms with van der Waals surface area (Å²) in [4.78, 5) is 17.5. The van der Waals surface area contributed by atoms with Crippen molar-refractivity contribution in [3.63, 3.8) is 0 Å². The van der Waals surface area contributed by atoms with Crippen LogP contribution in [0.1, 0.15) is 16.8 Å². The lowest BCUT2D eigenvalue weighted by molar-refractivity contribution is -0.147. The number of rotatable bonds is 7. The number of aryl methyl sites for hydroxylation is 1. The number of fused-ring (bicyclic) bond motifs is 1. The first-order valence-electron chi connectivity index (χ1n) is 11.5. The Morgan fingerprint density at radius 1 is 1.11 bits per heavy atom. The number of pyridine rings is 1. The molecule has 0 bridgehead atoms. The van der Waals surface area contributed by atoms with Crippen LogP contribution in [0.2, 0.25) is 0 Å². The molecule has 5 rings (SSSR count). The first-order chi connectivity index (χ1) is 17.2. The fourth-order valence-corrected chi connectivity index (χ4v) is 4.52. The smallest absolute Gasteiger partial charge is 0.417 e. The van der Waals surface area contributed by atoms with Crippen LogP contribution in [0.25, 0.3) is 22.2 Å². The van der Waals surface area contributed by atoms with E-state index in [2.05, 4.69) is 9.88 Å². The van der Waals surface area contributed by atoms with Crippen LogP contribution in [0.5, 0.6) is 5.75 Å². The van der Waals surface area contributed by atoms with Crippen molar-refractivity contribution >= 4 is 17.0 Å². The number of halogens is 3. The SMILES string of the molecule is Cn1c(CN2CC(C(=O)O)C2)cc2cc(OCc3ccc(-c4ccccc4)c(C(F)(F)F)c3)cnc21. The van der Waals surface area contributed by atoms with Crippen molar-refractivity contribution in [2.24, 2.45) is 13.0 Å². The van der Waals surface area contributed by atoms with E-state index in [0.29, 0.717) is 36.5 Å². The van der Waals surface area contributed by atoms with E-state index >= 15 is 0 Å². The number of carboxylic acids is 1.